The Hall–Kier alpha value is -0.920. The van der Waals surface area contributed by atoms with Crippen molar-refractivity contribution in [1.29, 1.82) is 0 Å². The van der Waals surface area contributed by atoms with E-state index in [-0.39, 0.29) is 24.4 Å². The van der Waals surface area contributed by atoms with Crippen LogP contribution in [0.5, 0.6) is 0 Å². The fourth-order valence-electron chi connectivity index (χ4n) is 2.25. The zero-order valence-corrected chi connectivity index (χ0v) is 14.6. The van der Waals surface area contributed by atoms with E-state index in [1.54, 1.807) is 18.0 Å². The topological polar surface area (TPSA) is 49.9 Å². The molecule has 0 aliphatic carbocycles. The van der Waals surface area contributed by atoms with E-state index in [1.807, 2.05) is 13.0 Å². The number of nitrogens with zero attached hydrogens (tertiary/aromatic N) is 2. The lowest BCUT2D eigenvalue weighted by atomic mass is 10.2. The molecule has 2 rings (SSSR count). The van der Waals surface area contributed by atoms with Gasteiger partial charge in [0.25, 0.3) is 5.91 Å². The van der Waals surface area contributed by atoms with Crippen molar-refractivity contribution in [2.45, 2.75) is 19.4 Å². The minimum Gasteiger partial charge on any atom is -0.380 e. The first-order valence-corrected chi connectivity index (χ1v) is 8.48. The van der Waals surface area contributed by atoms with Crippen LogP contribution in [0, 0.1) is 0 Å². The molecule has 1 atom stereocenters. The molecular weight excluding hydrogens is 356 g/mol. The molecule has 21 heavy (non-hydrogen) atoms. The summed E-state index contributed by atoms with van der Waals surface area (Å²) in [5, 5.41) is 0. The van der Waals surface area contributed by atoms with Crippen LogP contribution in [0.15, 0.2) is 15.9 Å². The van der Waals surface area contributed by atoms with E-state index >= 15 is 0 Å². The van der Waals surface area contributed by atoms with Gasteiger partial charge in [0.1, 0.15) is 0 Å². The second-order valence-electron chi connectivity index (χ2n) is 5.10. The van der Waals surface area contributed by atoms with Crippen LogP contribution in [0.3, 0.4) is 0 Å². The molecule has 0 bridgehead atoms. The molecular formula is C14H19BrN2O3S. The lowest BCUT2D eigenvalue weighted by Crippen LogP contribution is -2.45. The van der Waals surface area contributed by atoms with Crippen LogP contribution in [0.25, 0.3) is 0 Å². The molecule has 1 aromatic rings. The van der Waals surface area contributed by atoms with Gasteiger partial charge in [0.15, 0.2) is 0 Å². The van der Waals surface area contributed by atoms with Gasteiger partial charge in [-0.25, -0.2) is 0 Å². The van der Waals surface area contributed by atoms with Crippen molar-refractivity contribution in [1.82, 2.24) is 9.80 Å². The highest BCUT2D eigenvalue weighted by molar-refractivity contribution is 9.11. The minimum atomic E-state index is -0.127. The Balaban J connectivity index is 1.96. The number of hydrogen-bond donors (Lipinski definition) is 0. The zero-order chi connectivity index (χ0) is 15.4. The number of carbonyl (C=O) groups is 2. The Labute approximate surface area is 137 Å². The molecule has 1 saturated heterocycles. The number of ether oxygens (including phenoxy) is 1. The maximum atomic E-state index is 12.4. The maximum Gasteiger partial charge on any atom is 0.264 e. The molecule has 1 fully saturated rings. The van der Waals surface area contributed by atoms with E-state index in [4.69, 9.17) is 4.74 Å². The SMILES string of the molecule is C[C@H]1CCOCCN1C(=O)CN(C)C(=O)c1ccc(Br)s1. The fourth-order valence-corrected chi connectivity index (χ4v) is 3.63. The molecule has 0 saturated carbocycles. The summed E-state index contributed by atoms with van der Waals surface area (Å²) in [6, 6.07) is 3.75. The van der Waals surface area contributed by atoms with Crippen molar-refractivity contribution in [2.24, 2.45) is 0 Å². The van der Waals surface area contributed by atoms with Crippen molar-refractivity contribution in [3.8, 4) is 0 Å². The molecule has 1 aliphatic rings. The zero-order valence-electron chi connectivity index (χ0n) is 12.2. The Morgan fingerprint density at radius 3 is 2.90 bits per heavy atom. The van der Waals surface area contributed by atoms with Crippen LogP contribution in [0.4, 0.5) is 0 Å². The van der Waals surface area contributed by atoms with Gasteiger partial charge in [0, 0.05) is 26.2 Å². The molecule has 0 aromatic carbocycles. The first kappa shape index (κ1) is 16.5. The van der Waals surface area contributed by atoms with Gasteiger partial charge < -0.3 is 14.5 Å². The number of thiophene rings is 1. The largest absolute Gasteiger partial charge is 0.380 e. The summed E-state index contributed by atoms with van der Waals surface area (Å²) in [5.74, 6) is -0.155. The third-order valence-corrected chi connectivity index (χ3v) is 5.12. The van der Waals surface area contributed by atoms with Gasteiger partial charge in [-0.15, -0.1) is 11.3 Å². The van der Waals surface area contributed by atoms with Crippen LogP contribution in [0.2, 0.25) is 0 Å². The predicted molar refractivity (Wildman–Crippen MR) is 85.6 cm³/mol. The number of hydrogen-bond acceptors (Lipinski definition) is 4. The van der Waals surface area contributed by atoms with E-state index in [2.05, 4.69) is 15.9 Å². The van der Waals surface area contributed by atoms with Gasteiger partial charge in [-0.1, -0.05) is 0 Å². The van der Waals surface area contributed by atoms with Gasteiger partial charge >= 0.3 is 0 Å². The molecule has 1 aromatic heterocycles. The van der Waals surface area contributed by atoms with Gasteiger partial charge in [-0.05, 0) is 41.4 Å². The van der Waals surface area contributed by atoms with Crippen molar-refractivity contribution >= 4 is 39.1 Å². The standard InChI is InChI=1S/C14H19BrN2O3S/c1-10-5-7-20-8-6-17(10)13(18)9-16(2)14(19)11-3-4-12(15)21-11/h3-4,10H,5-9H2,1-2H3/t10-/m0/s1. The quantitative estimate of drug-likeness (QED) is 0.814. The molecule has 2 amide bonds. The Morgan fingerprint density at radius 1 is 1.48 bits per heavy atom. The normalized spacial score (nSPS) is 19.2. The predicted octanol–water partition coefficient (Wildman–Crippen LogP) is 2.22. The lowest BCUT2D eigenvalue weighted by Gasteiger charge is -2.28. The van der Waals surface area contributed by atoms with E-state index < -0.39 is 0 Å². The van der Waals surface area contributed by atoms with Crippen molar-refractivity contribution < 1.29 is 14.3 Å². The number of rotatable bonds is 3. The van der Waals surface area contributed by atoms with Gasteiger partial charge in [-0.3, -0.25) is 9.59 Å². The summed E-state index contributed by atoms with van der Waals surface area (Å²) < 4.78 is 6.30. The molecule has 5 nitrogen and oxygen atoms in total. The third-order valence-electron chi connectivity index (χ3n) is 3.51. The summed E-state index contributed by atoms with van der Waals surface area (Å²) in [6.45, 7) is 3.95. The summed E-state index contributed by atoms with van der Waals surface area (Å²) in [6.07, 6.45) is 0.835. The lowest BCUT2D eigenvalue weighted by molar-refractivity contribution is -0.133. The van der Waals surface area contributed by atoms with Crippen molar-refractivity contribution in [2.75, 3.05) is 33.4 Å². The Morgan fingerprint density at radius 2 is 2.24 bits per heavy atom. The minimum absolute atomic E-state index is 0.0283. The Bertz CT molecular complexity index is 520. The highest BCUT2D eigenvalue weighted by Crippen LogP contribution is 2.23. The highest BCUT2D eigenvalue weighted by atomic mass is 79.9. The molecule has 116 valence electrons. The highest BCUT2D eigenvalue weighted by Gasteiger charge is 2.25. The van der Waals surface area contributed by atoms with Crippen LogP contribution in [-0.4, -0.2) is 61.0 Å². The molecule has 1 aliphatic heterocycles. The van der Waals surface area contributed by atoms with E-state index in [0.29, 0.717) is 24.6 Å². The molecule has 0 unspecified atom stereocenters. The molecule has 0 N–H and O–H groups in total. The number of carbonyl (C=O) groups excluding carboxylic acids is 2. The number of amides is 2. The maximum absolute atomic E-state index is 12.4. The monoisotopic (exact) mass is 374 g/mol. The summed E-state index contributed by atoms with van der Waals surface area (Å²) in [4.78, 5) is 28.5. The average molecular weight is 375 g/mol. The van der Waals surface area contributed by atoms with Crippen LogP contribution < -0.4 is 0 Å². The first-order valence-electron chi connectivity index (χ1n) is 6.87. The molecule has 0 radical (unpaired) electrons. The van der Waals surface area contributed by atoms with Gasteiger partial charge in [0.2, 0.25) is 5.91 Å². The van der Waals surface area contributed by atoms with E-state index in [9.17, 15) is 9.59 Å². The van der Waals surface area contributed by atoms with Crippen LogP contribution >= 0.6 is 27.3 Å². The molecule has 7 heteroatoms. The van der Waals surface area contributed by atoms with Gasteiger partial charge in [0.05, 0.1) is 21.8 Å². The second-order valence-corrected chi connectivity index (χ2v) is 7.57. The summed E-state index contributed by atoms with van der Waals surface area (Å²) in [7, 11) is 1.66. The van der Waals surface area contributed by atoms with Crippen molar-refractivity contribution in [3.63, 3.8) is 0 Å². The van der Waals surface area contributed by atoms with Crippen LogP contribution in [-0.2, 0) is 9.53 Å². The number of likely N-dealkylation sites (N-methyl/N-ethyl adjacent to an activating group) is 1. The molecule has 2 heterocycles. The second kappa shape index (κ2) is 7.38. The summed E-state index contributed by atoms with van der Waals surface area (Å²) >= 11 is 4.71. The fraction of sp³-hybridized carbons (Fsp3) is 0.571. The molecule has 0 spiro atoms. The van der Waals surface area contributed by atoms with E-state index in [0.717, 1.165) is 10.2 Å². The van der Waals surface area contributed by atoms with E-state index in [1.165, 1.54) is 16.2 Å². The number of halogens is 1. The summed E-state index contributed by atoms with van der Waals surface area (Å²) in [5.41, 5.74) is 0. The smallest absolute Gasteiger partial charge is 0.264 e. The average Bonchev–Trinajstić information content (AvgIpc) is 2.75. The third kappa shape index (κ3) is 4.28. The van der Waals surface area contributed by atoms with Crippen molar-refractivity contribution in [3.05, 3.63) is 20.8 Å². The van der Waals surface area contributed by atoms with Crippen LogP contribution in [0.1, 0.15) is 23.0 Å². The first-order chi connectivity index (χ1) is 9.99. The Kier molecular flexibility index (Phi) is 5.78. The van der Waals surface area contributed by atoms with Gasteiger partial charge in [-0.2, -0.15) is 0 Å².